The fourth-order valence-electron chi connectivity index (χ4n) is 3.18. The molecule has 0 N–H and O–H groups in total. The van der Waals surface area contributed by atoms with Gasteiger partial charge >= 0.3 is 6.61 Å². The van der Waals surface area contributed by atoms with Gasteiger partial charge in [0.15, 0.2) is 0 Å². The Labute approximate surface area is 174 Å². The maximum atomic E-state index is 12.6. The average Bonchev–Trinajstić information content (AvgIpc) is 3.12. The maximum Gasteiger partial charge on any atom is 0.387 e. The number of thiazole rings is 1. The molecule has 0 aliphatic carbocycles. The van der Waals surface area contributed by atoms with Gasteiger partial charge in [0.1, 0.15) is 5.75 Å². The van der Waals surface area contributed by atoms with E-state index in [0.717, 1.165) is 35.9 Å². The monoisotopic (exact) mass is 423 g/mol. The number of alkyl halides is 2. The zero-order valence-corrected chi connectivity index (χ0v) is 17.8. The Hall–Kier alpha value is -2.06. The number of hydrogen-bond acceptors (Lipinski definition) is 5. The van der Waals surface area contributed by atoms with E-state index in [1.54, 1.807) is 23.5 Å². The van der Waals surface area contributed by atoms with Crippen molar-refractivity contribution >= 4 is 17.2 Å². The van der Waals surface area contributed by atoms with E-state index in [1.165, 1.54) is 12.1 Å². The lowest BCUT2D eigenvalue weighted by Crippen LogP contribution is -2.48. The average molecular weight is 424 g/mol. The van der Waals surface area contributed by atoms with Crippen LogP contribution in [0.4, 0.5) is 8.78 Å². The molecule has 3 rings (SSSR count). The second-order valence-corrected chi connectivity index (χ2v) is 9.11. The first-order valence-electron chi connectivity index (χ1n) is 9.69. The van der Waals surface area contributed by atoms with Crippen LogP contribution in [0.25, 0.3) is 0 Å². The predicted octanol–water partition coefficient (Wildman–Crippen LogP) is 3.93. The third kappa shape index (κ3) is 6.21. The van der Waals surface area contributed by atoms with Crippen molar-refractivity contribution in [3.63, 3.8) is 0 Å². The summed E-state index contributed by atoms with van der Waals surface area (Å²) in [5, 5.41) is 3.27. The fourth-order valence-corrected chi connectivity index (χ4v) is 4.08. The number of carbonyl (C=O) groups is 1. The van der Waals surface area contributed by atoms with Gasteiger partial charge in [0.25, 0.3) is 0 Å². The normalized spacial score (nSPS) is 15.7. The van der Waals surface area contributed by atoms with E-state index in [9.17, 15) is 13.6 Å². The molecule has 8 heteroatoms. The summed E-state index contributed by atoms with van der Waals surface area (Å²) < 4.78 is 28.7. The number of benzene rings is 1. The van der Waals surface area contributed by atoms with Crippen LogP contribution in [0.1, 0.15) is 37.0 Å². The number of aromatic nitrogens is 1. The summed E-state index contributed by atoms with van der Waals surface area (Å²) in [5.74, 6) is 0.150. The van der Waals surface area contributed by atoms with E-state index in [0.29, 0.717) is 13.1 Å². The molecule has 1 aromatic heterocycles. The van der Waals surface area contributed by atoms with Crippen LogP contribution in [0.15, 0.2) is 29.6 Å². The topological polar surface area (TPSA) is 45.7 Å². The van der Waals surface area contributed by atoms with Gasteiger partial charge in [0, 0.05) is 43.5 Å². The van der Waals surface area contributed by atoms with Crippen molar-refractivity contribution in [1.82, 2.24) is 14.8 Å². The third-order valence-electron chi connectivity index (χ3n) is 4.81. The largest absolute Gasteiger partial charge is 0.435 e. The molecule has 0 unspecified atom stereocenters. The molecule has 158 valence electrons. The van der Waals surface area contributed by atoms with E-state index in [-0.39, 0.29) is 23.5 Å². The van der Waals surface area contributed by atoms with Gasteiger partial charge in [-0.25, -0.2) is 4.98 Å². The van der Waals surface area contributed by atoms with Crippen LogP contribution in [0.3, 0.4) is 0 Å². The minimum Gasteiger partial charge on any atom is -0.435 e. The van der Waals surface area contributed by atoms with Gasteiger partial charge in [0.05, 0.1) is 17.1 Å². The predicted molar refractivity (Wildman–Crippen MR) is 109 cm³/mol. The summed E-state index contributed by atoms with van der Waals surface area (Å²) in [6.07, 6.45) is 0.260. The highest BCUT2D eigenvalue weighted by atomic mass is 32.1. The quantitative estimate of drug-likeness (QED) is 0.706. The van der Waals surface area contributed by atoms with Crippen LogP contribution < -0.4 is 4.74 Å². The van der Waals surface area contributed by atoms with Crippen molar-refractivity contribution < 1.29 is 18.3 Å². The Kier molecular flexibility index (Phi) is 6.85. The Balaban J connectivity index is 1.46. The Morgan fingerprint density at radius 3 is 2.38 bits per heavy atom. The highest BCUT2D eigenvalue weighted by Gasteiger charge is 2.23. The molecule has 2 heterocycles. The SMILES string of the molecule is CC(C)(C)c1nc(CN2CCN(C(=O)Cc3ccc(OC(F)F)cc3)CC2)cs1. The summed E-state index contributed by atoms with van der Waals surface area (Å²) in [6, 6.07) is 6.24. The second-order valence-electron chi connectivity index (χ2n) is 8.25. The molecule has 5 nitrogen and oxygen atoms in total. The van der Waals surface area contributed by atoms with Crippen molar-refractivity contribution in [2.75, 3.05) is 26.2 Å². The molecule has 1 aromatic carbocycles. The maximum absolute atomic E-state index is 12.6. The zero-order valence-electron chi connectivity index (χ0n) is 17.0. The Morgan fingerprint density at radius 1 is 1.17 bits per heavy atom. The van der Waals surface area contributed by atoms with Crippen LogP contribution in [0.2, 0.25) is 0 Å². The van der Waals surface area contributed by atoms with Gasteiger partial charge in [-0.15, -0.1) is 11.3 Å². The van der Waals surface area contributed by atoms with E-state index in [4.69, 9.17) is 4.98 Å². The Bertz CT molecular complexity index is 810. The number of rotatable bonds is 6. The Morgan fingerprint density at radius 2 is 1.83 bits per heavy atom. The lowest BCUT2D eigenvalue weighted by atomic mass is 9.98. The minimum atomic E-state index is -2.84. The summed E-state index contributed by atoms with van der Waals surface area (Å²) in [5.41, 5.74) is 1.94. The molecule has 29 heavy (non-hydrogen) atoms. The standard InChI is InChI=1S/C21H27F2N3O2S/c1-21(2,3)19-24-16(14-29-19)13-25-8-10-26(11-9-25)18(27)12-15-4-6-17(7-5-15)28-20(22)23/h4-7,14,20H,8-13H2,1-3H3. The van der Waals surface area contributed by atoms with Gasteiger partial charge in [0.2, 0.25) is 5.91 Å². The molecule has 0 spiro atoms. The number of hydrogen-bond donors (Lipinski definition) is 0. The molecule has 0 radical (unpaired) electrons. The summed E-state index contributed by atoms with van der Waals surface area (Å²) >= 11 is 1.70. The molecular formula is C21H27F2N3O2S. The minimum absolute atomic E-state index is 0.0517. The van der Waals surface area contributed by atoms with Crippen LogP contribution in [0.5, 0.6) is 5.75 Å². The molecule has 2 aromatic rings. The van der Waals surface area contributed by atoms with E-state index < -0.39 is 6.61 Å². The summed E-state index contributed by atoms with van der Waals surface area (Å²) in [4.78, 5) is 21.5. The van der Waals surface area contributed by atoms with E-state index in [1.807, 2.05) is 4.90 Å². The van der Waals surface area contributed by atoms with Gasteiger partial charge < -0.3 is 9.64 Å². The van der Waals surface area contributed by atoms with Gasteiger partial charge in [-0.1, -0.05) is 32.9 Å². The van der Waals surface area contributed by atoms with Crippen LogP contribution in [-0.2, 0) is 23.2 Å². The van der Waals surface area contributed by atoms with Crippen molar-refractivity contribution in [2.24, 2.45) is 0 Å². The summed E-state index contributed by atoms with van der Waals surface area (Å²) in [6.45, 7) is 7.45. The van der Waals surface area contributed by atoms with Crippen LogP contribution in [0, 0.1) is 0 Å². The number of piperazine rings is 1. The molecule has 0 saturated carbocycles. The third-order valence-corrected chi connectivity index (χ3v) is 6.12. The van der Waals surface area contributed by atoms with Crippen LogP contribution >= 0.6 is 11.3 Å². The van der Waals surface area contributed by atoms with Crippen molar-refractivity contribution in [3.05, 3.63) is 45.9 Å². The molecule has 1 aliphatic rings. The fraction of sp³-hybridized carbons (Fsp3) is 0.524. The van der Waals surface area contributed by atoms with Crippen molar-refractivity contribution in [3.8, 4) is 5.75 Å². The first kappa shape index (κ1) is 21.6. The smallest absolute Gasteiger partial charge is 0.387 e. The van der Waals surface area contributed by atoms with Crippen molar-refractivity contribution in [1.29, 1.82) is 0 Å². The number of halogens is 2. The molecular weight excluding hydrogens is 396 g/mol. The van der Waals surface area contributed by atoms with E-state index >= 15 is 0 Å². The number of ether oxygens (including phenoxy) is 1. The van der Waals surface area contributed by atoms with Gasteiger partial charge in [-0.3, -0.25) is 9.69 Å². The highest BCUT2D eigenvalue weighted by Crippen LogP contribution is 2.26. The van der Waals surface area contributed by atoms with E-state index in [2.05, 4.69) is 35.8 Å². The van der Waals surface area contributed by atoms with Crippen LogP contribution in [-0.4, -0.2) is 53.5 Å². The molecule has 1 amide bonds. The molecule has 0 atom stereocenters. The molecule has 0 bridgehead atoms. The lowest BCUT2D eigenvalue weighted by molar-refractivity contribution is -0.132. The van der Waals surface area contributed by atoms with Crippen molar-refractivity contribution in [2.45, 2.75) is 45.8 Å². The highest BCUT2D eigenvalue weighted by molar-refractivity contribution is 7.09. The van der Waals surface area contributed by atoms with Gasteiger partial charge in [-0.05, 0) is 17.7 Å². The first-order valence-corrected chi connectivity index (χ1v) is 10.6. The number of carbonyl (C=O) groups excluding carboxylic acids is 1. The second kappa shape index (κ2) is 9.17. The summed E-state index contributed by atoms with van der Waals surface area (Å²) in [7, 11) is 0. The molecule has 1 fully saturated rings. The molecule has 1 aliphatic heterocycles. The van der Waals surface area contributed by atoms with Gasteiger partial charge in [-0.2, -0.15) is 8.78 Å². The number of amides is 1. The zero-order chi connectivity index (χ0) is 21.0. The first-order chi connectivity index (χ1) is 13.7. The number of nitrogens with zero attached hydrogens (tertiary/aromatic N) is 3. The lowest BCUT2D eigenvalue weighted by Gasteiger charge is -2.34. The molecule has 1 saturated heterocycles.